The largest absolute Gasteiger partial charge is 0.870 e. The zero-order chi connectivity index (χ0) is 6.28. The van der Waals surface area contributed by atoms with Gasteiger partial charge in [-0.25, -0.2) is 0 Å². The standard InChI is InChI=1S/C3H7NO.CH4O.H3N.H2O/c1-4(2)3-5;1-2;;/h3H,1-2H3;2H,1H3;1H3;1H2. The van der Waals surface area contributed by atoms with Gasteiger partial charge in [0.15, 0.2) is 0 Å². The van der Waals surface area contributed by atoms with Gasteiger partial charge in [-0.15, -0.1) is 0 Å². The number of quaternary nitrogens is 1. The summed E-state index contributed by atoms with van der Waals surface area (Å²) in [5.41, 5.74) is 0. The zero-order valence-corrected chi connectivity index (χ0v) is 6.33. The van der Waals surface area contributed by atoms with Crippen LogP contribution in [0.5, 0.6) is 0 Å². The first-order valence-corrected chi connectivity index (χ1v) is 1.84. The highest BCUT2D eigenvalue weighted by Crippen LogP contribution is 1.52. The normalized spacial score (nSPS) is 4.44. The molecule has 0 aliphatic heterocycles. The second-order valence-corrected chi connectivity index (χ2v) is 1.07. The maximum absolute atomic E-state index is 9.43. The molecule has 0 aliphatic carbocycles. The van der Waals surface area contributed by atoms with Crippen LogP contribution < -0.4 is 6.15 Å². The molecule has 0 bridgehead atoms. The Bertz CT molecular complexity index is 40.8. The molecule has 0 unspecified atom stereocenters. The van der Waals surface area contributed by atoms with Crippen LogP contribution in [0.25, 0.3) is 0 Å². The Hall–Kier alpha value is -0.650. The van der Waals surface area contributed by atoms with Gasteiger partial charge >= 0.3 is 0 Å². The molecular weight excluding hydrogens is 124 g/mol. The molecule has 60 valence electrons. The summed E-state index contributed by atoms with van der Waals surface area (Å²) in [6.45, 7) is 0. The first-order chi connectivity index (χ1) is 3.27. The molecule has 0 aliphatic rings. The minimum Gasteiger partial charge on any atom is -0.870 e. The van der Waals surface area contributed by atoms with Gasteiger partial charge in [-0.2, -0.15) is 0 Å². The summed E-state index contributed by atoms with van der Waals surface area (Å²) in [6.07, 6.45) is 0.750. The summed E-state index contributed by atoms with van der Waals surface area (Å²) in [4.78, 5) is 10.9. The molecule has 5 nitrogen and oxygen atoms in total. The average molecular weight is 140 g/mol. The van der Waals surface area contributed by atoms with Crippen molar-refractivity contribution in [2.24, 2.45) is 0 Å². The third kappa shape index (κ3) is 115. The van der Waals surface area contributed by atoms with Crippen molar-refractivity contribution in [3.05, 3.63) is 0 Å². The van der Waals surface area contributed by atoms with Crippen LogP contribution >= 0.6 is 0 Å². The molecule has 0 aromatic carbocycles. The van der Waals surface area contributed by atoms with Crippen molar-refractivity contribution < 1.29 is 15.4 Å². The number of aliphatic hydroxyl groups is 1. The molecule has 0 rings (SSSR count). The van der Waals surface area contributed by atoms with E-state index in [0.29, 0.717) is 0 Å². The molecule has 0 saturated carbocycles. The lowest BCUT2D eigenvalue weighted by molar-refractivity contribution is -0.115. The van der Waals surface area contributed by atoms with E-state index >= 15 is 0 Å². The Morgan fingerprint density at radius 3 is 1.44 bits per heavy atom. The lowest BCUT2D eigenvalue weighted by atomic mass is 11.0. The van der Waals surface area contributed by atoms with Crippen LogP contribution in [0.4, 0.5) is 0 Å². The first-order valence-electron chi connectivity index (χ1n) is 1.84. The number of hydrogen-bond donors (Lipinski definition) is 2. The van der Waals surface area contributed by atoms with Crippen molar-refractivity contribution in [2.45, 2.75) is 0 Å². The molecule has 0 spiro atoms. The van der Waals surface area contributed by atoms with E-state index in [-0.39, 0.29) is 11.6 Å². The van der Waals surface area contributed by atoms with E-state index < -0.39 is 0 Å². The Morgan fingerprint density at radius 2 is 1.44 bits per heavy atom. The van der Waals surface area contributed by atoms with Crippen LogP contribution in [0.1, 0.15) is 0 Å². The summed E-state index contributed by atoms with van der Waals surface area (Å²) in [5, 5.41) is 7.00. The molecule has 9 heavy (non-hydrogen) atoms. The summed E-state index contributed by atoms with van der Waals surface area (Å²) in [5.74, 6) is 0. The number of rotatable bonds is 1. The first kappa shape index (κ1) is 23.8. The van der Waals surface area contributed by atoms with Crippen LogP contribution in [0, 0.1) is 0 Å². The molecular formula is C4H16N2O3. The quantitative estimate of drug-likeness (QED) is 0.480. The van der Waals surface area contributed by atoms with Gasteiger partial charge < -0.3 is 21.6 Å². The zero-order valence-electron chi connectivity index (χ0n) is 6.33. The Kier molecular flexibility index (Phi) is 69.9. The molecule has 0 fully saturated rings. The number of nitrogens with zero attached hydrogens (tertiary/aromatic N) is 1. The van der Waals surface area contributed by atoms with Crippen LogP contribution in [-0.4, -0.2) is 43.1 Å². The number of aliphatic hydroxyl groups excluding tert-OH is 1. The number of carbonyl (C=O) groups excluding carboxylic acids is 1. The molecule has 6 N–H and O–H groups in total. The lowest BCUT2D eigenvalue weighted by Gasteiger charge is -1.93. The summed E-state index contributed by atoms with van der Waals surface area (Å²) >= 11 is 0. The number of carbonyl (C=O) groups is 1. The van der Waals surface area contributed by atoms with Crippen molar-refractivity contribution in [2.75, 3.05) is 21.2 Å². The van der Waals surface area contributed by atoms with Gasteiger partial charge in [-0.05, 0) is 0 Å². The Balaban J connectivity index is -0.0000000286. The van der Waals surface area contributed by atoms with Crippen LogP contribution in [-0.2, 0) is 4.79 Å². The van der Waals surface area contributed by atoms with E-state index in [2.05, 4.69) is 0 Å². The Morgan fingerprint density at radius 1 is 1.33 bits per heavy atom. The van der Waals surface area contributed by atoms with Crippen molar-refractivity contribution in [3.63, 3.8) is 0 Å². The van der Waals surface area contributed by atoms with Gasteiger partial charge in [0.05, 0.1) is 0 Å². The molecule has 5 heteroatoms. The van der Waals surface area contributed by atoms with Crippen molar-refractivity contribution in [1.82, 2.24) is 11.1 Å². The molecule has 1 amide bonds. The third-order valence-corrected chi connectivity index (χ3v) is 0.211. The fourth-order valence-corrected chi connectivity index (χ4v) is 0. The smallest absolute Gasteiger partial charge is 0.209 e. The predicted molar refractivity (Wildman–Crippen MR) is 35.8 cm³/mol. The van der Waals surface area contributed by atoms with E-state index in [1.54, 1.807) is 14.1 Å². The molecule has 0 aromatic heterocycles. The molecule has 0 aromatic rings. The maximum Gasteiger partial charge on any atom is 0.209 e. The van der Waals surface area contributed by atoms with E-state index in [1.165, 1.54) is 4.90 Å². The minimum absolute atomic E-state index is 0. The van der Waals surface area contributed by atoms with Crippen molar-refractivity contribution >= 4 is 6.41 Å². The van der Waals surface area contributed by atoms with Crippen molar-refractivity contribution in [1.29, 1.82) is 0 Å². The van der Waals surface area contributed by atoms with E-state index in [9.17, 15) is 4.79 Å². The van der Waals surface area contributed by atoms with Gasteiger partial charge in [0.1, 0.15) is 0 Å². The highest BCUT2D eigenvalue weighted by molar-refractivity contribution is 5.45. The lowest BCUT2D eigenvalue weighted by Crippen LogP contribution is -2.06. The van der Waals surface area contributed by atoms with Crippen LogP contribution in [0.3, 0.4) is 0 Å². The fraction of sp³-hybridized carbons (Fsp3) is 0.750. The average Bonchev–Trinajstić information content (AvgIpc) is 1.73. The molecule has 0 saturated heterocycles. The van der Waals surface area contributed by atoms with Gasteiger partial charge in [0.25, 0.3) is 0 Å². The second-order valence-electron chi connectivity index (χ2n) is 1.07. The summed E-state index contributed by atoms with van der Waals surface area (Å²) in [7, 11) is 4.38. The molecule has 0 heterocycles. The van der Waals surface area contributed by atoms with E-state index in [0.717, 1.165) is 13.5 Å². The third-order valence-electron chi connectivity index (χ3n) is 0.211. The number of amides is 1. The predicted octanol–water partition coefficient (Wildman–Crippen LogP) is -0.488. The highest BCUT2D eigenvalue weighted by atomic mass is 16.2. The van der Waals surface area contributed by atoms with Gasteiger partial charge in [0.2, 0.25) is 6.41 Å². The maximum atomic E-state index is 9.43. The van der Waals surface area contributed by atoms with Gasteiger partial charge in [-0.3, -0.25) is 4.79 Å². The van der Waals surface area contributed by atoms with Crippen molar-refractivity contribution in [3.8, 4) is 0 Å². The molecule has 0 radical (unpaired) electrons. The Labute approximate surface area is 55.2 Å². The van der Waals surface area contributed by atoms with E-state index in [1.807, 2.05) is 0 Å². The van der Waals surface area contributed by atoms with Gasteiger partial charge in [-0.1, -0.05) is 0 Å². The highest BCUT2D eigenvalue weighted by Gasteiger charge is 1.68. The van der Waals surface area contributed by atoms with Gasteiger partial charge in [0, 0.05) is 21.2 Å². The minimum atomic E-state index is 0. The summed E-state index contributed by atoms with van der Waals surface area (Å²) < 4.78 is 0. The monoisotopic (exact) mass is 140 g/mol. The second kappa shape index (κ2) is 26.4. The topological polar surface area (TPSA) is 107 Å². The molecule has 0 atom stereocenters. The van der Waals surface area contributed by atoms with Crippen LogP contribution in [0.15, 0.2) is 0 Å². The van der Waals surface area contributed by atoms with Crippen LogP contribution in [0.2, 0.25) is 0 Å². The fourth-order valence-electron chi connectivity index (χ4n) is 0. The number of hydrogen-bond acceptors (Lipinski definition) is 3. The SMILES string of the molecule is CN(C)C=O.CO.[NH4+].[OH-]. The van der Waals surface area contributed by atoms with E-state index in [4.69, 9.17) is 5.11 Å². The summed E-state index contributed by atoms with van der Waals surface area (Å²) in [6, 6.07) is 0.